The van der Waals surface area contributed by atoms with Gasteiger partial charge >= 0.3 is 0 Å². The van der Waals surface area contributed by atoms with Gasteiger partial charge in [0.15, 0.2) is 0 Å². The number of aliphatic hydroxyl groups is 1. The summed E-state index contributed by atoms with van der Waals surface area (Å²) in [5.74, 6) is -0.292. The molecule has 22 heavy (non-hydrogen) atoms. The van der Waals surface area contributed by atoms with Gasteiger partial charge in [0.05, 0.1) is 0 Å². The Hall–Kier alpha value is -1.79. The number of benzene rings is 1. The second-order valence-corrected chi connectivity index (χ2v) is 6.27. The molecule has 0 bridgehead atoms. The number of carbonyl (C=O) groups is 2. The lowest BCUT2D eigenvalue weighted by Crippen LogP contribution is -2.58. The maximum atomic E-state index is 12.0. The Morgan fingerprint density at radius 3 is 2.55 bits per heavy atom. The Morgan fingerprint density at radius 1 is 1.36 bits per heavy atom. The van der Waals surface area contributed by atoms with E-state index in [0.717, 1.165) is 5.01 Å². The van der Waals surface area contributed by atoms with Crippen molar-refractivity contribution in [1.82, 2.24) is 10.4 Å². The molecule has 1 aromatic rings. The minimum Gasteiger partial charge on any atom is -0.485 e. The molecule has 1 aliphatic rings. The molecule has 0 fully saturated rings. The molecule has 0 saturated carbocycles. The number of aliphatic hydroxyl groups excluding tert-OH is 1. The summed E-state index contributed by atoms with van der Waals surface area (Å²) in [6.07, 6.45) is -1.05. The zero-order valence-corrected chi connectivity index (χ0v) is 13.6. The zero-order chi connectivity index (χ0) is 16.7. The van der Waals surface area contributed by atoms with Crippen LogP contribution >= 0.6 is 11.6 Å². The van der Waals surface area contributed by atoms with E-state index in [2.05, 4.69) is 5.43 Å². The summed E-state index contributed by atoms with van der Waals surface area (Å²) in [5.41, 5.74) is 2.08. The quantitative estimate of drug-likeness (QED) is 0.771. The number of hydrogen-bond acceptors (Lipinski definition) is 4. The van der Waals surface area contributed by atoms with Gasteiger partial charge in [0.1, 0.15) is 23.5 Å². The van der Waals surface area contributed by atoms with Crippen LogP contribution in [0.15, 0.2) is 18.2 Å². The molecule has 2 atom stereocenters. The number of nitrogens with zero attached hydrogens (tertiary/aromatic N) is 1. The summed E-state index contributed by atoms with van der Waals surface area (Å²) in [5, 5.41) is 12.2. The minimum absolute atomic E-state index is 0.400. The summed E-state index contributed by atoms with van der Waals surface area (Å²) < 4.78 is 5.79. The van der Waals surface area contributed by atoms with Crippen molar-refractivity contribution >= 4 is 23.4 Å². The number of nitrogens with one attached hydrogen (secondary N) is 1. The van der Waals surface area contributed by atoms with Crippen LogP contribution < -0.4 is 10.2 Å². The van der Waals surface area contributed by atoms with E-state index in [1.165, 1.54) is 13.8 Å². The molecular formula is C15H19ClN2O4. The predicted molar refractivity (Wildman–Crippen MR) is 81.2 cm³/mol. The van der Waals surface area contributed by atoms with Gasteiger partial charge in [-0.25, -0.2) is 5.01 Å². The molecule has 1 aromatic carbocycles. The van der Waals surface area contributed by atoms with E-state index in [1.807, 2.05) is 0 Å². The van der Waals surface area contributed by atoms with Crippen molar-refractivity contribution in [1.29, 1.82) is 0 Å². The predicted octanol–water partition coefficient (Wildman–Crippen LogP) is 1.81. The third-order valence-corrected chi connectivity index (χ3v) is 3.81. The monoisotopic (exact) mass is 326 g/mol. The van der Waals surface area contributed by atoms with Crippen LogP contribution in [0, 0.1) is 0 Å². The van der Waals surface area contributed by atoms with Gasteiger partial charge < -0.3 is 9.84 Å². The first-order chi connectivity index (χ1) is 10.1. The van der Waals surface area contributed by atoms with Gasteiger partial charge in [-0.3, -0.25) is 15.0 Å². The fraction of sp³-hybridized carbons (Fsp3) is 0.467. The first kappa shape index (κ1) is 16.6. The van der Waals surface area contributed by atoms with Gasteiger partial charge in [0.2, 0.25) is 11.8 Å². The molecule has 0 saturated heterocycles. The molecule has 7 heteroatoms. The topological polar surface area (TPSA) is 78.9 Å². The zero-order valence-electron chi connectivity index (χ0n) is 12.9. The van der Waals surface area contributed by atoms with Crippen molar-refractivity contribution in [2.75, 3.05) is 0 Å². The van der Waals surface area contributed by atoms with Crippen LogP contribution in [0.5, 0.6) is 5.75 Å². The number of hydrazine groups is 1. The van der Waals surface area contributed by atoms with E-state index >= 15 is 0 Å². The van der Waals surface area contributed by atoms with Crippen LogP contribution in [0.25, 0.3) is 0 Å². The lowest BCUT2D eigenvalue weighted by Gasteiger charge is -2.45. The number of halogens is 1. The second-order valence-electron chi connectivity index (χ2n) is 5.83. The van der Waals surface area contributed by atoms with Crippen molar-refractivity contribution in [3.63, 3.8) is 0 Å². The second kappa shape index (κ2) is 5.78. The van der Waals surface area contributed by atoms with Gasteiger partial charge in [-0.1, -0.05) is 11.6 Å². The van der Waals surface area contributed by atoms with Gasteiger partial charge in [-0.05, 0) is 32.0 Å². The Kier molecular flexibility index (Phi) is 4.35. The van der Waals surface area contributed by atoms with Crippen LogP contribution in [-0.4, -0.2) is 33.6 Å². The molecule has 2 amide bonds. The third-order valence-electron chi connectivity index (χ3n) is 3.57. The number of rotatable bonds is 1. The number of ether oxygens (including phenoxy) is 1. The third kappa shape index (κ3) is 3.03. The van der Waals surface area contributed by atoms with Gasteiger partial charge in [-0.2, -0.15) is 0 Å². The van der Waals surface area contributed by atoms with E-state index in [-0.39, 0.29) is 0 Å². The van der Waals surface area contributed by atoms with Crippen molar-refractivity contribution in [2.45, 2.75) is 45.4 Å². The summed E-state index contributed by atoms with van der Waals surface area (Å²) in [4.78, 5) is 23.4. The van der Waals surface area contributed by atoms with E-state index in [9.17, 15) is 14.7 Å². The maximum absolute atomic E-state index is 12.0. The summed E-state index contributed by atoms with van der Waals surface area (Å²) in [7, 11) is 0. The first-order valence-electron chi connectivity index (χ1n) is 6.87. The molecule has 0 spiro atoms. The molecule has 0 aromatic heterocycles. The van der Waals surface area contributed by atoms with Crippen LogP contribution in [0.4, 0.5) is 0 Å². The largest absolute Gasteiger partial charge is 0.485 e. The van der Waals surface area contributed by atoms with Crippen molar-refractivity contribution < 1.29 is 19.4 Å². The molecule has 2 N–H and O–H groups in total. The molecule has 1 aliphatic heterocycles. The Morgan fingerprint density at radius 2 is 2.00 bits per heavy atom. The average molecular weight is 327 g/mol. The molecular weight excluding hydrogens is 308 g/mol. The number of amides is 2. The maximum Gasteiger partial charge on any atom is 0.238 e. The van der Waals surface area contributed by atoms with E-state index in [1.54, 1.807) is 32.0 Å². The average Bonchev–Trinajstić information content (AvgIpc) is 2.38. The van der Waals surface area contributed by atoms with E-state index in [4.69, 9.17) is 16.3 Å². The molecule has 0 unspecified atom stereocenters. The van der Waals surface area contributed by atoms with Gasteiger partial charge in [-0.15, -0.1) is 0 Å². The van der Waals surface area contributed by atoms with E-state index < -0.39 is 29.6 Å². The van der Waals surface area contributed by atoms with Crippen LogP contribution in [0.3, 0.4) is 0 Å². The lowest BCUT2D eigenvalue weighted by molar-refractivity contribution is -0.154. The highest BCUT2D eigenvalue weighted by atomic mass is 35.5. The summed E-state index contributed by atoms with van der Waals surface area (Å²) in [6.45, 7) is 6.05. The minimum atomic E-state index is -1.05. The fourth-order valence-electron chi connectivity index (χ4n) is 2.53. The van der Waals surface area contributed by atoms with Crippen molar-refractivity contribution in [3.8, 4) is 5.75 Å². The van der Waals surface area contributed by atoms with Crippen LogP contribution in [0.1, 0.15) is 39.3 Å². The highest BCUT2D eigenvalue weighted by Gasteiger charge is 2.46. The Bertz CT molecular complexity index is 618. The van der Waals surface area contributed by atoms with Gasteiger partial charge in [0.25, 0.3) is 0 Å². The Balaban J connectivity index is 2.57. The van der Waals surface area contributed by atoms with E-state index in [0.29, 0.717) is 16.3 Å². The first-order valence-corrected chi connectivity index (χ1v) is 7.25. The molecule has 0 aliphatic carbocycles. The SMILES string of the molecule is CC(=O)NN(C(C)=O)[C@H]1c2cc(Cl)ccc2OC(C)(C)[C@@H]1O. The normalized spacial score (nSPS) is 22.3. The number of fused-ring (bicyclic) bond motifs is 1. The standard InChI is InChI=1S/C15H19ClN2O4/c1-8(19)17-18(9(2)20)13-11-7-10(16)5-6-12(11)22-15(3,4)14(13)21/h5-7,13-14,21H,1-4H3,(H,17,19)/t13-,14+/m0/s1. The molecule has 1 heterocycles. The van der Waals surface area contributed by atoms with Crippen LogP contribution in [0.2, 0.25) is 5.02 Å². The molecule has 0 radical (unpaired) electrons. The summed E-state index contributed by atoms with van der Waals surface area (Å²) in [6, 6.07) is 4.18. The molecule has 6 nitrogen and oxygen atoms in total. The number of hydrogen-bond donors (Lipinski definition) is 2. The highest BCUT2D eigenvalue weighted by molar-refractivity contribution is 6.30. The Labute approximate surface area is 134 Å². The van der Waals surface area contributed by atoms with Crippen molar-refractivity contribution in [2.24, 2.45) is 0 Å². The fourth-order valence-corrected chi connectivity index (χ4v) is 2.71. The smallest absolute Gasteiger partial charge is 0.238 e. The summed E-state index contributed by atoms with van der Waals surface area (Å²) >= 11 is 6.02. The molecule has 120 valence electrons. The van der Waals surface area contributed by atoms with Crippen molar-refractivity contribution in [3.05, 3.63) is 28.8 Å². The van der Waals surface area contributed by atoms with Gasteiger partial charge in [0, 0.05) is 24.4 Å². The molecule has 2 rings (SSSR count). The van der Waals surface area contributed by atoms with Crippen LogP contribution in [-0.2, 0) is 9.59 Å². The lowest BCUT2D eigenvalue weighted by atomic mass is 9.86. The highest BCUT2D eigenvalue weighted by Crippen LogP contribution is 2.43. The number of carbonyl (C=O) groups excluding carboxylic acids is 2.